The molecular weight excluding hydrogens is 342 g/mol. The summed E-state index contributed by atoms with van der Waals surface area (Å²) in [5.41, 5.74) is 1.10. The molecule has 3 nitrogen and oxygen atoms in total. The number of ether oxygens (including phenoxy) is 1. The number of esters is 1. The van der Waals surface area contributed by atoms with Gasteiger partial charge in [-0.1, -0.05) is 52.7 Å². The van der Waals surface area contributed by atoms with Crippen molar-refractivity contribution in [2.45, 2.75) is 44.6 Å². The van der Waals surface area contributed by atoms with Gasteiger partial charge in [0.15, 0.2) is 0 Å². The zero-order valence-electron chi connectivity index (χ0n) is 13.2. The summed E-state index contributed by atoms with van der Waals surface area (Å²) in [6.07, 6.45) is 6.08. The number of benzene rings is 1. The Morgan fingerprint density at radius 1 is 1.14 bits per heavy atom. The second kappa shape index (κ2) is 10.0. The molecule has 0 saturated carbocycles. The summed E-state index contributed by atoms with van der Waals surface area (Å²) >= 11 is 3.39. The highest BCUT2D eigenvalue weighted by Crippen LogP contribution is 2.22. The van der Waals surface area contributed by atoms with Crippen molar-refractivity contribution in [3.05, 3.63) is 35.9 Å². The first-order valence-corrected chi connectivity index (χ1v) is 9.44. The highest BCUT2D eigenvalue weighted by Gasteiger charge is 2.21. The summed E-state index contributed by atoms with van der Waals surface area (Å²) in [6.45, 7) is 3.04. The molecule has 1 aliphatic heterocycles. The normalized spacial score (nSPS) is 17.1. The fourth-order valence-corrected chi connectivity index (χ4v) is 3.23. The lowest BCUT2D eigenvalue weighted by Gasteiger charge is -2.30. The second-order valence-electron chi connectivity index (χ2n) is 5.90. The molecule has 1 atom stereocenters. The van der Waals surface area contributed by atoms with Crippen LogP contribution in [0.4, 0.5) is 0 Å². The van der Waals surface area contributed by atoms with Crippen LogP contribution in [0.1, 0.15) is 50.2 Å². The molecule has 0 unspecified atom stereocenters. The quantitative estimate of drug-likeness (QED) is 0.389. The SMILES string of the molecule is O=C(CCCCBr)O[C@H](CN1CCCCC1)c1ccccc1. The molecule has 0 aliphatic carbocycles. The molecule has 1 fully saturated rings. The molecule has 0 N–H and O–H groups in total. The highest BCUT2D eigenvalue weighted by molar-refractivity contribution is 9.09. The molecule has 1 saturated heterocycles. The molecule has 1 aromatic rings. The Balaban J connectivity index is 1.93. The Morgan fingerprint density at radius 2 is 1.86 bits per heavy atom. The van der Waals surface area contributed by atoms with Gasteiger partial charge in [-0.05, 0) is 44.3 Å². The van der Waals surface area contributed by atoms with Gasteiger partial charge in [0, 0.05) is 18.3 Å². The number of carbonyl (C=O) groups is 1. The van der Waals surface area contributed by atoms with Gasteiger partial charge in [0.1, 0.15) is 6.10 Å². The molecule has 1 heterocycles. The zero-order valence-corrected chi connectivity index (χ0v) is 14.8. The average molecular weight is 368 g/mol. The van der Waals surface area contributed by atoms with Crippen molar-refractivity contribution in [1.29, 1.82) is 0 Å². The number of piperidine rings is 1. The van der Waals surface area contributed by atoms with Crippen LogP contribution in [0.15, 0.2) is 30.3 Å². The maximum atomic E-state index is 12.1. The van der Waals surface area contributed by atoms with Crippen molar-refractivity contribution in [2.75, 3.05) is 25.0 Å². The molecule has 0 spiro atoms. The highest BCUT2D eigenvalue weighted by atomic mass is 79.9. The first-order chi connectivity index (χ1) is 10.8. The monoisotopic (exact) mass is 367 g/mol. The third kappa shape index (κ3) is 6.09. The van der Waals surface area contributed by atoms with Gasteiger partial charge in [0.25, 0.3) is 0 Å². The lowest BCUT2D eigenvalue weighted by Crippen LogP contribution is -2.34. The smallest absolute Gasteiger partial charge is 0.306 e. The van der Waals surface area contributed by atoms with E-state index in [1.807, 2.05) is 18.2 Å². The first-order valence-electron chi connectivity index (χ1n) is 8.32. The topological polar surface area (TPSA) is 29.5 Å². The largest absolute Gasteiger partial charge is 0.456 e. The molecule has 0 bridgehead atoms. The molecule has 122 valence electrons. The summed E-state index contributed by atoms with van der Waals surface area (Å²) in [5, 5.41) is 0.941. The molecule has 2 rings (SSSR count). The number of nitrogens with zero attached hydrogens (tertiary/aromatic N) is 1. The second-order valence-corrected chi connectivity index (χ2v) is 6.69. The van der Waals surface area contributed by atoms with E-state index < -0.39 is 0 Å². The van der Waals surface area contributed by atoms with Crippen LogP contribution in [-0.4, -0.2) is 35.8 Å². The minimum absolute atomic E-state index is 0.0770. The van der Waals surface area contributed by atoms with Crippen molar-refractivity contribution >= 4 is 21.9 Å². The third-order valence-electron chi connectivity index (χ3n) is 4.08. The fourth-order valence-electron chi connectivity index (χ4n) is 2.84. The van der Waals surface area contributed by atoms with E-state index in [1.54, 1.807) is 0 Å². The first kappa shape index (κ1) is 17.5. The molecule has 0 radical (unpaired) electrons. The maximum Gasteiger partial charge on any atom is 0.306 e. The van der Waals surface area contributed by atoms with Crippen molar-refractivity contribution in [3.8, 4) is 0 Å². The van der Waals surface area contributed by atoms with Gasteiger partial charge in [-0.2, -0.15) is 0 Å². The van der Waals surface area contributed by atoms with E-state index in [0.29, 0.717) is 6.42 Å². The van der Waals surface area contributed by atoms with Crippen molar-refractivity contribution in [2.24, 2.45) is 0 Å². The number of carbonyl (C=O) groups excluding carboxylic acids is 1. The van der Waals surface area contributed by atoms with Crippen LogP contribution >= 0.6 is 15.9 Å². The van der Waals surface area contributed by atoms with Gasteiger partial charge in [0.2, 0.25) is 0 Å². The number of hydrogen-bond donors (Lipinski definition) is 0. The van der Waals surface area contributed by atoms with E-state index >= 15 is 0 Å². The van der Waals surface area contributed by atoms with Crippen molar-refractivity contribution in [1.82, 2.24) is 4.90 Å². The van der Waals surface area contributed by atoms with Crippen LogP contribution < -0.4 is 0 Å². The predicted molar refractivity (Wildman–Crippen MR) is 93.2 cm³/mol. The fraction of sp³-hybridized carbons (Fsp3) is 0.611. The zero-order chi connectivity index (χ0) is 15.6. The minimum Gasteiger partial charge on any atom is -0.456 e. The minimum atomic E-state index is -0.143. The third-order valence-corrected chi connectivity index (χ3v) is 4.64. The molecule has 1 aromatic carbocycles. The molecule has 1 aliphatic rings. The number of alkyl halides is 1. The summed E-state index contributed by atoms with van der Waals surface area (Å²) < 4.78 is 5.79. The Bertz CT molecular complexity index is 432. The van der Waals surface area contributed by atoms with E-state index in [9.17, 15) is 4.79 Å². The van der Waals surface area contributed by atoms with Gasteiger partial charge >= 0.3 is 5.97 Å². The van der Waals surface area contributed by atoms with Crippen molar-refractivity contribution < 1.29 is 9.53 Å². The van der Waals surface area contributed by atoms with Crippen LogP contribution in [0.5, 0.6) is 0 Å². The lowest BCUT2D eigenvalue weighted by molar-refractivity contribution is -0.150. The van der Waals surface area contributed by atoms with Gasteiger partial charge in [-0.3, -0.25) is 9.69 Å². The maximum absolute atomic E-state index is 12.1. The number of rotatable bonds is 8. The predicted octanol–water partition coefficient (Wildman–Crippen LogP) is 4.32. The van der Waals surface area contributed by atoms with E-state index in [2.05, 4.69) is 33.0 Å². The Labute approximate surface area is 142 Å². The number of halogens is 1. The van der Waals surface area contributed by atoms with Gasteiger partial charge in [0.05, 0.1) is 0 Å². The molecule has 4 heteroatoms. The summed E-state index contributed by atoms with van der Waals surface area (Å²) in [5.74, 6) is -0.0770. The van der Waals surface area contributed by atoms with E-state index in [4.69, 9.17) is 4.74 Å². The van der Waals surface area contributed by atoms with Crippen LogP contribution in [0.3, 0.4) is 0 Å². The summed E-state index contributed by atoms with van der Waals surface area (Å²) in [4.78, 5) is 14.5. The lowest BCUT2D eigenvalue weighted by atomic mass is 10.1. The summed E-state index contributed by atoms with van der Waals surface area (Å²) in [7, 11) is 0. The van der Waals surface area contributed by atoms with Gasteiger partial charge < -0.3 is 4.74 Å². The molecule has 0 aromatic heterocycles. The van der Waals surface area contributed by atoms with Crippen LogP contribution in [-0.2, 0) is 9.53 Å². The number of unbranched alkanes of at least 4 members (excludes halogenated alkanes) is 1. The van der Waals surface area contributed by atoms with E-state index in [0.717, 1.165) is 43.4 Å². The Morgan fingerprint density at radius 3 is 2.55 bits per heavy atom. The Kier molecular flexibility index (Phi) is 7.95. The summed E-state index contributed by atoms with van der Waals surface area (Å²) in [6, 6.07) is 10.1. The van der Waals surface area contributed by atoms with Gasteiger partial charge in [-0.25, -0.2) is 0 Å². The van der Waals surface area contributed by atoms with Gasteiger partial charge in [-0.15, -0.1) is 0 Å². The van der Waals surface area contributed by atoms with Crippen LogP contribution in [0.25, 0.3) is 0 Å². The molecule has 0 amide bonds. The van der Waals surface area contributed by atoms with E-state index in [-0.39, 0.29) is 12.1 Å². The number of hydrogen-bond acceptors (Lipinski definition) is 3. The average Bonchev–Trinajstić information content (AvgIpc) is 2.56. The molecular formula is C18H26BrNO2. The Hall–Kier alpha value is -0.870. The number of likely N-dealkylation sites (tertiary alicyclic amines) is 1. The van der Waals surface area contributed by atoms with E-state index in [1.165, 1.54) is 19.3 Å². The molecule has 22 heavy (non-hydrogen) atoms. The van der Waals surface area contributed by atoms with Crippen molar-refractivity contribution in [3.63, 3.8) is 0 Å². The van der Waals surface area contributed by atoms with Crippen LogP contribution in [0.2, 0.25) is 0 Å². The van der Waals surface area contributed by atoms with Crippen LogP contribution in [0, 0.1) is 0 Å². The standard InChI is InChI=1S/C18H26BrNO2/c19-12-6-5-11-18(21)22-17(16-9-3-1-4-10-16)15-20-13-7-2-8-14-20/h1,3-4,9-10,17H,2,5-8,11-15H2/t17-/m1/s1.